The van der Waals surface area contributed by atoms with Crippen LogP contribution in [0.4, 0.5) is 0 Å². The van der Waals surface area contributed by atoms with Crippen LogP contribution in [0.15, 0.2) is 52.6 Å². The van der Waals surface area contributed by atoms with E-state index >= 15 is 0 Å². The van der Waals surface area contributed by atoms with E-state index in [1.165, 1.54) is 17.4 Å². The number of amides is 1. The van der Waals surface area contributed by atoms with Crippen LogP contribution < -0.4 is 5.32 Å². The number of aromatic carboxylic acids is 1. The van der Waals surface area contributed by atoms with E-state index in [1.807, 2.05) is 30.3 Å². The van der Waals surface area contributed by atoms with Gasteiger partial charge >= 0.3 is 5.97 Å². The number of rotatable bonds is 5. The number of carbonyl (C=O) groups excluding carboxylic acids is 1. The van der Waals surface area contributed by atoms with Gasteiger partial charge in [-0.1, -0.05) is 6.07 Å². The lowest BCUT2D eigenvalue weighted by Gasteiger charge is -2.31. The van der Waals surface area contributed by atoms with Crippen molar-refractivity contribution < 1.29 is 14.7 Å². The van der Waals surface area contributed by atoms with Gasteiger partial charge in [0.15, 0.2) is 5.82 Å². The average Bonchev–Trinajstić information content (AvgIpc) is 3.43. The van der Waals surface area contributed by atoms with Crippen molar-refractivity contribution in [1.29, 1.82) is 0 Å². The number of carboxylic acid groups (broad SMARTS) is 1. The van der Waals surface area contributed by atoms with Gasteiger partial charge in [-0.15, -0.1) is 11.3 Å². The molecule has 0 aliphatic heterocycles. The van der Waals surface area contributed by atoms with E-state index in [0.29, 0.717) is 21.9 Å². The molecule has 1 fully saturated rings. The zero-order valence-corrected chi connectivity index (χ0v) is 19.8. The van der Waals surface area contributed by atoms with E-state index in [-0.39, 0.29) is 23.7 Å². The fourth-order valence-electron chi connectivity index (χ4n) is 4.38. The minimum absolute atomic E-state index is 0.0254. The molecule has 33 heavy (non-hydrogen) atoms. The Labute approximate surface area is 201 Å². The molecule has 4 aromatic heterocycles. The van der Waals surface area contributed by atoms with E-state index in [0.717, 1.165) is 35.0 Å². The SMILES string of the molecule is O=C(O)c1cc2nc(-c3ccccn3)n(C3CCCC(NC(=O)c4ccc(Br)s4)C3)c2cn1. The topological polar surface area (TPSA) is 110 Å². The Bertz CT molecular complexity index is 1340. The molecule has 1 aliphatic carbocycles. The van der Waals surface area contributed by atoms with Crippen LogP contribution in [0.25, 0.3) is 22.6 Å². The quantitative estimate of drug-likeness (QED) is 0.382. The summed E-state index contributed by atoms with van der Waals surface area (Å²) in [5, 5.41) is 12.5. The second-order valence-electron chi connectivity index (χ2n) is 7.98. The van der Waals surface area contributed by atoms with E-state index < -0.39 is 5.97 Å². The predicted molar refractivity (Wildman–Crippen MR) is 128 cm³/mol. The summed E-state index contributed by atoms with van der Waals surface area (Å²) < 4.78 is 3.03. The highest BCUT2D eigenvalue weighted by atomic mass is 79.9. The van der Waals surface area contributed by atoms with Crippen LogP contribution in [0.1, 0.15) is 51.9 Å². The van der Waals surface area contributed by atoms with Crippen LogP contribution in [-0.2, 0) is 0 Å². The lowest BCUT2D eigenvalue weighted by atomic mass is 9.90. The molecule has 2 atom stereocenters. The van der Waals surface area contributed by atoms with Crippen molar-refractivity contribution in [1.82, 2.24) is 24.8 Å². The Kier molecular flexibility index (Phi) is 5.94. The van der Waals surface area contributed by atoms with E-state index in [4.69, 9.17) is 4.98 Å². The summed E-state index contributed by atoms with van der Waals surface area (Å²) >= 11 is 4.82. The van der Waals surface area contributed by atoms with Crippen LogP contribution in [0.3, 0.4) is 0 Å². The molecule has 1 saturated carbocycles. The van der Waals surface area contributed by atoms with Gasteiger partial charge in [0.2, 0.25) is 0 Å². The first-order valence-electron chi connectivity index (χ1n) is 10.6. The number of thiophene rings is 1. The predicted octanol–water partition coefficient (Wildman–Crippen LogP) is 4.93. The maximum absolute atomic E-state index is 12.7. The van der Waals surface area contributed by atoms with Crippen molar-refractivity contribution in [3.8, 4) is 11.5 Å². The van der Waals surface area contributed by atoms with Gasteiger partial charge < -0.3 is 15.0 Å². The fourth-order valence-corrected chi connectivity index (χ4v) is 5.67. The number of pyridine rings is 2. The smallest absolute Gasteiger partial charge is 0.354 e. The van der Waals surface area contributed by atoms with Crippen LogP contribution in [0.5, 0.6) is 0 Å². The van der Waals surface area contributed by atoms with Crippen LogP contribution in [0, 0.1) is 0 Å². The number of carboxylic acids is 1. The van der Waals surface area contributed by atoms with Crippen molar-refractivity contribution in [3.05, 3.63) is 63.1 Å². The molecule has 168 valence electrons. The molecule has 2 unspecified atom stereocenters. The number of carbonyl (C=O) groups is 2. The van der Waals surface area contributed by atoms with Crippen molar-refractivity contribution >= 4 is 50.2 Å². The minimum atomic E-state index is -1.09. The zero-order chi connectivity index (χ0) is 22.9. The third-order valence-electron chi connectivity index (χ3n) is 5.83. The Hall–Kier alpha value is -3.11. The van der Waals surface area contributed by atoms with Gasteiger partial charge in [0.1, 0.15) is 11.4 Å². The van der Waals surface area contributed by atoms with Crippen molar-refractivity contribution in [2.24, 2.45) is 0 Å². The molecule has 2 N–H and O–H groups in total. The molecule has 4 aromatic rings. The third-order valence-corrected chi connectivity index (χ3v) is 7.46. The number of halogens is 1. The van der Waals surface area contributed by atoms with Gasteiger partial charge in [-0.3, -0.25) is 9.78 Å². The molecule has 5 rings (SSSR count). The summed E-state index contributed by atoms with van der Waals surface area (Å²) in [5.74, 6) is -0.481. The van der Waals surface area contributed by atoms with E-state index in [9.17, 15) is 14.7 Å². The first-order valence-corrected chi connectivity index (χ1v) is 12.2. The average molecular weight is 526 g/mol. The number of hydrogen-bond acceptors (Lipinski definition) is 6. The number of nitrogens with zero attached hydrogens (tertiary/aromatic N) is 4. The van der Waals surface area contributed by atoms with Crippen LogP contribution in [-0.4, -0.2) is 42.5 Å². The molecule has 1 amide bonds. The Balaban J connectivity index is 1.49. The number of fused-ring (bicyclic) bond motifs is 1. The third kappa shape index (κ3) is 4.40. The highest BCUT2D eigenvalue weighted by molar-refractivity contribution is 9.11. The zero-order valence-electron chi connectivity index (χ0n) is 17.4. The highest BCUT2D eigenvalue weighted by Crippen LogP contribution is 2.36. The molecule has 4 heterocycles. The highest BCUT2D eigenvalue weighted by Gasteiger charge is 2.29. The molecular formula is C23H20BrN5O3S. The molecule has 8 nitrogen and oxygen atoms in total. The summed E-state index contributed by atoms with van der Waals surface area (Å²) in [7, 11) is 0. The Morgan fingerprint density at radius 1 is 1.18 bits per heavy atom. The van der Waals surface area contributed by atoms with E-state index in [1.54, 1.807) is 12.4 Å². The Morgan fingerprint density at radius 3 is 2.79 bits per heavy atom. The second kappa shape index (κ2) is 9.03. The largest absolute Gasteiger partial charge is 0.477 e. The van der Waals surface area contributed by atoms with Crippen molar-refractivity contribution in [2.45, 2.75) is 37.8 Å². The van der Waals surface area contributed by atoms with E-state index in [2.05, 4.69) is 35.8 Å². The monoisotopic (exact) mass is 525 g/mol. The van der Waals surface area contributed by atoms with Crippen LogP contribution in [0.2, 0.25) is 0 Å². The molecule has 10 heteroatoms. The molecule has 0 saturated heterocycles. The summed E-state index contributed by atoms with van der Waals surface area (Å²) in [4.78, 5) is 38.1. The van der Waals surface area contributed by atoms with Crippen LogP contribution >= 0.6 is 27.3 Å². The fraction of sp³-hybridized carbons (Fsp3) is 0.261. The first-order chi connectivity index (χ1) is 16.0. The maximum Gasteiger partial charge on any atom is 0.354 e. The summed E-state index contributed by atoms with van der Waals surface area (Å²) in [6.07, 6.45) is 6.80. The number of nitrogens with one attached hydrogen (secondary N) is 1. The van der Waals surface area contributed by atoms with Gasteiger partial charge in [-0.25, -0.2) is 14.8 Å². The Morgan fingerprint density at radius 2 is 2.06 bits per heavy atom. The standard InChI is InChI=1S/C23H20BrN5O3S/c24-20-8-7-19(33-20)22(30)27-13-4-3-5-14(10-13)29-18-12-26-17(23(31)32)11-16(18)28-21(29)15-6-1-2-9-25-15/h1-2,6-9,11-14H,3-5,10H2,(H,27,30)(H,31,32). The lowest BCUT2D eigenvalue weighted by Crippen LogP contribution is -2.38. The molecule has 0 spiro atoms. The van der Waals surface area contributed by atoms with Gasteiger partial charge in [-0.2, -0.15) is 0 Å². The van der Waals surface area contributed by atoms with Gasteiger partial charge in [0.25, 0.3) is 5.91 Å². The molecule has 0 bridgehead atoms. The second-order valence-corrected chi connectivity index (χ2v) is 10.4. The number of hydrogen-bond donors (Lipinski definition) is 2. The molecular weight excluding hydrogens is 506 g/mol. The normalized spacial score (nSPS) is 18.3. The number of imidazole rings is 1. The van der Waals surface area contributed by atoms with Crippen molar-refractivity contribution in [3.63, 3.8) is 0 Å². The van der Waals surface area contributed by atoms with Gasteiger partial charge in [0, 0.05) is 18.3 Å². The van der Waals surface area contributed by atoms with Gasteiger partial charge in [0.05, 0.1) is 25.9 Å². The summed E-state index contributed by atoms with van der Waals surface area (Å²) in [6, 6.07) is 10.9. The number of aromatic nitrogens is 4. The molecule has 0 radical (unpaired) electrons. The lowest BCUT2D eigenvalue weighted by molar-refractivity contribution is 0.0690. The molecule has 0 aromatic carbocycles. The van der Waals surface area contributed by atoms with Gasteiger partial charge in [-0.05, 0) is 71.9 Å². The molecule has 1 aliphatic rings. The minimum Gasteiger partial charge on any atom is -0.477 e. The summed E-state index contributed by atoms with van der Waals surface area (Å²) in [5.41, 5.74) is 1.99. The van der Waals surface area contributed by atoms with Crippen molar-refractivity contribution in [2.75, 3.05) is 0 Å². The maximum atomic E-state index is 12.7. The first kappa shape index (κ1) is 21.7. The summed E-state index contributed by atoms with van der Waals surface area (Å²) in [6.45, 7) is 0.